The van der Waals surface area contributed by atoms with Crippen molar-refractivity contribution in [3.8, 4) is 0 Å². The van der Waals surface area contributed by atoms with Gasteiger partial charge in [-0.25, -0.2) is 0 Å². The van der Waals surface area contributed by atoms with E-state index >= 15 is 0 Å². The fraction of sp³-hybridized carbons (Fsp3) is 0.143. The number of benzene rings is 2. The number of hydrogen-bond acceptors (Lipinski definition) is 0. The fourth-order valence-electron chi connectivity index (χ4n) is 1.70. The van der Waals surface area contributed by atoms with Crippen molar-refractivity contribution in [3.05, 3.63) is 68.7 Å². The van der Waals surface area contributed by atoms with Crippen molar-refractivity contribution in [1.82, 2.24) is 0 Å². The van der Waals surface area contributed by atoms with E-state index in [9.17, 15) is 0 Å². The molecule has 0 saturated carbocycles. The Morgan fingerprint density at radius 2 is 1.81 bits per heavy atom. The first kappa shape index (κ1) is 11.7. The minimum Gasteiger partial charge on any atom is -0.0840 e. The lowest BCUT2D eigenvalue weighted by molar-refractivity contribution is 1.15. The van der Waals surface area contributed by atoms with Crippen LogP contribution in [-0.4, -0.2) is 0 Å². The van der Waals surface area contributed by atoms with Crippen LogP contribution in [0.4, 0.5) is 0 Å². The second kappa shape index (κ2) is 5.03. The summed E-state index contributed by atoms with van der Waals surface area (Å²) in [4.78, 5) is 0. The second-order valence-electron chi connectivity index (χ2n) is 3.80. The maximum atomic E-state index is 6.20. The summed E-state index contributed by atoms with van der Waals surface area (Å²) in [6.07, 6.45) is 0.868. The molecule has 2 heteroatoms. The molecular formula is C14H12BrCl. The molecule has 0 spiro atoms. The molecule has 0 aliphatic carbocycles. The molecule has 2 rings (SSSR count). The SMILES string of the molecule is Cc1ccccc1Cc1c(Cl)cccc1Br. The highest BCUT2D eigenvalue weighted by Crippen LogP contribution is 2.27. The molecule has 0 radical (unpaired) electrons. The highest BCUT2D eigenvalue weighted by molar-refractivity contribution is 9.10. The Balaban J connectivity index is 2.38. The van der Waals surface area contributed by atoms with Crippen molar-refractivity contribution in [1.29, 1.82) is 0 Å². The van der Waals surface area contributed by atoms with Gasteiger partial charge in [0.05, 0.1) is 0 Å². The molecule has 0 heterocycles. The van der Waals surface area contributed by atoms with Crippen LogP contribution < -0.4 is 0 Å². The maximum Gasteiger partial charge on any atom is 0.0452 e. The van der Waals surface area contributed by atoms with E-state index in [1.807, 2.05) is 18.2 Å². The van der Waals surface area contributed by atoms with Crippen molar-refractivity contribution >= 4 is 27.5 Å². The quantitative estimate of drug-likeness (QED) is 0.731. The van der Waals surface area contributed by atoms with Crippen molar-refractivity contribution in [2.45, 2.75) is 13.3 Å². The van der Waals surface area contributed by atoms with Gasteiger partial charge in [-0.2, -0.15) is 0 Å². The predicted molar refractivity (Wildman–Crippen MR) is 73.1 cm³/mol. The van der Waals surface area contributed by atoms with Crippen molar-refractivity contribution < 1.29 is 0 Å². The van der Waals surface area contributed by atoms with E-state index in [0.717, 1.165) is 21.5 Å². The number of halogens is 2. The number of rotatable bonds is 2. The molecule has 0 N–H and O–H groups in total. The van der Waals surface area contributed by atoms with Crippen LogP contribution in [-0.2, 0) is 6.42 Å². The maximum absolute atomic E-state index is 6.20. The van der Waals surface area contributed by atoms with Gasteiger partial charge in [-0.05, 0) is 35.7 Å². The summed E-state index contributed by atoms with van der Waals surface area (Å²) in [6, 6.07) is 14.3. The Kier molecular flexibility index (Phi) is 3.67. The minimum absolute atomic E-state index is 0.817. The van der Waals surface area contributed by atoms with Crippen LogP contribution in [0.5, 0.6) is 0 Å². The lowest BCUT2D eigenvalue weighted by Crippen LogP contribution is -1.93. The van der Waals surface area contributed by atoms with Crippen molar-refractivity contribution in [2.75, 3.05) is 0 Å². The summed E-state index contributed by atoms with van der Waals surface area (Å²) < 4.78 is 1.07. The molecule has 2 aromatic carbocycles. The third kappa shape index (κ3) is 2.47. The lowest BCUT2D eigenvalue weighted by atomic mass is 10.0. The van der Waals surface area contributed by atoms with Gasteiger partial charge in [-0.3, -0.25) is 0 Å². The van der Waals surface area contributed by atoms with Gasteiger partial charge in [0.25, 0.3) is 0 Å². The van der Waals surface area contributed by atoms with Crippen LogP contribution in [0.25, 0.3) is 0 Å². The first-order chi connectivity index (χ1) is 7.68. The molecule has 0 fully saturated rings. The monoisotopic (exact) mass is 294 g/mol. The third-order valence-electron chi connectivity index (χ3n) is 2.69. The zero-order valence-corrected chi connectivity index (χ0v) is 11.3. The largest absolute Gasteiger partial charge is 0.0840 e. The van der Waals surface area contributed by atoms with Crippen LogP contribution in [0.3, 0.4) is 0 Å². The zero-order chi connectivity index (χ0) is 11.5. The Hall–Kier alpha value is -0.790. The Morgan fingerprint density at radius 3 is 2.50 bits per heavy atom. The summed E-state index contributed by atoms with van der Waals surface area (Å²) in [5.41, 5.74) is 3.77. The van der Waals surface area contributed by atoms with E-state index in [4.69, 9.17) is 11.6 Å². The first-order valence-corrected chi connectivity index (χ1v) is 6.33. The fourth-order valence-corrected chi connectivity index (χ4v) is 2.56. The van der Waals surface area contributed by atoms with Gasteiger partial charge in [-0.15, -0.1) is 0 Å². The van der Waals surface area contributed by atoms with Gasteiger partial charge < -0.3 is 0 Å². The molecule has 0 aromatic heterocycles. The Morgan fingerprint density at radius 1 is 1.06 bits per heavy atom. The van der Waals surface area contributed by atoms with Crippen molar-refractivity contribution in [3.63, 3.8) is 0 Å². The summed E-state index contributed by atoms with van der Waals surface area (Å²) >= 11 is 9.75. The van der Waals surface area contributed by atoms with Crippen LogP contribution in [0.15, 0.2) is 46.9 Å². The van der Waals surface area contributed by atoms with E-state index < -0.39 is 0 Å². The van der Waals surface area contributed by atoms with E-state index in [1.54, 1.807) is 0 Å². The molecule has 0 bridgehead atoms. The van der Waals surface area contributed by atoms with E-state index in [0.29, 0.717) is 0 Å². The predicted octanol–water partition coefficient (Wildman–Crippen LogP) is 5.00. The molecular weight excluding hydrogens is 284 g/mol. The molecule has 0 atom stereocenters. The van der Waals surface area contributed by atoms with Gasteiger partial charge in [0.15, 0.2) is 0 Å². The minimum atomic E-state index is 0.817. The normalized spacial score (nSPS) is 10.4. The average molecular weight is 296 g/mol. The van der Waals surface area contributed by atoms with Gasteiger partial charge in [-0.1, -0.05) is 57.9 Å². The highest BCUT2D eigenvalue weighted by atomic mass is 79.9. The molecule has 0 unspecified atom stereocenters. The molecule has 82 valence electrons. The second-order valence-corrected chi connectivity index (χ2v) is 5.07. The van der Waals surface area contributed by atoms with E-state index in [2.05, 4.69) is 47.1 Å². The average Bonchev–Trinajstić information content (AvgIpc) is 2.26. The molecule has 0 aliphatic rings. The van der Waals surface area contributed by atoms with Crippen LogP contribution in [0.2, 0.25) is 5.02 Å². The standard InChI is InChI=1S/C14H12BrCl/c1-10-5-2-3-6-11(10)9-12-13(15)7-4-8-14(12)16/h2-8H,9H2,1H3. The van der Waals surface area contributed by atoms with Crippen LogP contribution in [0, 0.1) is 6.92 Å². The lowest BCUT2D eigenvalue weighted by Gasteiger charge is -2.09. The van der Waals surface area contributed by atoms with Gasteiger partial charge in [0.2, 0.25) is 0 Å². The number of hydrogen-bond donors (Lipinski definition) is 0. The Bertz CT molecular complexity index is 486. The first-order valence-electron chi connectivity index (χ1n) is 5.16. The zero-order valence-electron chi connectivity index (χ0n) is 9.00. The molecule has 16 heavy (non-hydrogen) atoms. The molecule has 0 saturated heterocycles. The molecule has 0 nitrogen and oxygen atoms in total. The van der Waals surface area contributed by atoms with Crippen LogP contribution in [0.1, 0.15) is 16.7 Å². The summed E-state index contributed by atoms with van der Waals surface area (Å²) in [7, 11) is 0. The van der Waals surface area contributed by atoms with Gasteiger partial charge >= 0.3 is 0 Å². The number of aryl methyl sites for hydroxylation is 1. The van der Waals surface area contributed by atoms with Crippen LogP contribution >= 0.6 is 27.5 Å². The smallest absolute Gasteiger partial charge is 0.0452 e. The summed E-state index contributed by atoms with van der Waals surface area (Å²) in [5.74, 6) is 0. The Labute approximate surface area is 109 Å². The van der Waals surface area contributed by atoms with E-state index in [-0.39, 0.29) is 0 Å². The van der Waals surface area contributed by atoms with E-state index in [1.165, 1.54) is 11.1 Å². The third-order valence-corrected chi connectivity index (χ3v) is 3.79. The van der Waals surface area contributed by atoms with Gasteiger partial charge in [0, 0.05) is 15.9 Å². The topological polar surface area (TPSA) is 0 Å². The van der Waals surface area contributed by atoms with Gasteiger partial charge in [0.1, 0.15) is 0 Å². The summed E-state index contributed by atoms with van der Waals surface area (Å²) in [6.45, 7) is 2.13. The molecule has 0 amide bonds. The highest BCUT2D eigenvalue weighted by Gasteiger charge is 2.07. The molecule has 2 aromatic rings. The molecule has 0 aliphatic heterocycles. The van der Waals surface area contributed by atoms with Crippen molar-refractivity contribution in [2.24, 2.45) is 0 Å². The summed E-state index contributed by atoms with van der Waals surface area (Å²) in [5, 5.41) is 0.817.